The van der Waals surface area contributed by atoms with Gasteiger partial charge < -0.3 is 10.1 Å². The van der Waals surface area contributed by atoms with Gasteiger partial charge in [-0.3, -0.25) is 0 Å². The molecule has 0 unspecified atom stereocenters. The molecule has 1 N–H and O–H groups in total. The Kier molecular flexibility index (Phi) is 5.81. The van der Waals surface area contributed by atoms with Crippen molar-refractivity contribution < 1.29 is 9.53 Å². The number of aromatic nitrogens is 3. The van der Waals surface area contributed by atoms with E-state index in [0.29, 0.717) is 12.4 Å². The van der Waals surface area contributed by atoms with Gasteiger partial charge >= 0.3 is 5.97 Å². The zero-order valence-electron chi connectivity index (χ0n) is 16.6. The number of carbonyl (C=O) groups excluding carboxylic acids is 1. The summed E-state index contributed by atoms with van der Waals surface area (Å²) in [6, 6.07) is 20.0. The predicted octanol–water partition coefficient (Wildman–Crippen LogP) is 4.97. The van der Waals surface area contributed by atoms with Gasteiger partial charge in [-0.25, -0.2) is 9.78 Å². The lowest BCUT2D eigenvalue weighted by molar-refractivity contribution is 0.0592. The molecule has 0 saturated heterocycles. The molecule has 150 valence electrons. The molecule has 0 atom stereocenters. The SMILES string of the molecule is COC(=O)c1ccc(NCc2ccc(-c3nc(-c4ccc(C)cc4)cs3)cc2)nn1. The number of ether oxygens (including phenoxy) is 1. The van der Waals surface area contributed by atoms with Gasteiger partial charge in [-0.1, -0.05) is 54.1 Å². The molecule has 0 fully saturated rings. The van der Waals surface area contributed by atoms with Gasteiger partial charge in [-0.05, 0) is 24.6 Å². The van der Waals surface area contributed by atoms with Crippen molar-refractivity contribution in [3.05, 3.63) is 82.9 Å². The Labute approximate surface area is 178 Å². The third-order valence-corrected chi connectivity index (χ3v) is 5.48. The van der Waals surface area contributed by atoms with Crippen molar-refractivity contribution in [2.45, 2.75) is 13.5 Å². The minimum Gasteiger partial charge on any atom is -0.464 e. The highest BCUT2D eigenvalue weighted by atomic mass is 32.1. The summed E-state index contributed by atoms with van der Waals surface area (Å²) >= 11 is 1.64. The number of methoxy groups -OCH3 is 1. The number of rotatable bonds is 6. The quantitative estimate of drug-likeness (QED) is 0.447. The van der Waals surface area contributed by atoms with Gasteiger partial charge in [0.1, 0.15) is 10.8 Å². The number of carbonyl (C=O) groups is 1. The standard InChI is InChI=1S/C23H20N4O2S/c1-15-3-7-17(8-4-15)20-14-30-22(25-20)18-9-5-16(6-10-18)13-24-21-12-11-19(26-27-21)23(28)29-2/h3-12,14H,13H2,1-2H3,(H,24,27). The van der Waals surface area contributed by atoms with Crippen LogP contribution in [-0.2, 0) is 11.3 Å². The van der Waals surface area contributed by atoms with Crippen molar-refractivity contribution in [1.82, 2.24) is 15.2 Å². The number of hydrogen-bond acceptors (Lipinski definition) is 7. The summed E-state index contributed by atoms with van der Waals surface area (Å²) in [5, 5.41) is 14.1. The second-order valence-corrected chi connectivity index (χ2v) is 7.61. The van der Waals surface area contributed by atoms with E-state index in [-0.39, 0.29) is 5.69 Å². The molecular formula is C23H20N4O2S. The van der Waals surface area contributed by atoms with E-state index in [4.69, 9.17) is 4.98 Å². The van der Waals surface area contributed by atoms with Crippen LogP contribution in [0.1, 0.15) is 21.6 Å². The Hall–Kier alpha value is -3.58. The van der Waals surface area contributed by atoms with E-state index in [1.54, 1.807) is 23.5 Å². The third-order valence-electron chi connectivity index (χ3n) is 4.59. The summed E-state index contributed by atoms with van der Waals surface area (Å²) < 4.78 is 4.62. The van der Waals surface area contributed by atoms with Crippen molar-refractivity contribution in [3.63, 3.8) is 0 Å². The van der Waals surface area contributed by atoms with Crippen molar-refractivity contribution >= 4 is 23.1 Å². The van der Waals surface area contributed by atoms with E-state index < -0.39 is 5.97 Å². The first-order valence-electron chi connectivity index (χ1n) is 9.40. The highest BCUT2D eigenvalue weighted by molar-refractivity contribution is 7.13. The van der Waals surface area contributed by atoms with Crippen LogP contribution in [0.15, 0.2) is 66.0 Å². The predicted molar refractivity (Wildman–Crippen MR) is 118 cm³/mol. The van der Waals surface area contributed by atoms with Gasteiger partial charge in [-0.15, -0.1) is 21.5 Å². The lowest BCUT2D eigenvalue weighted by Crippen LogP contribution is -2.08. The molecule has 4 aromatic rings. The van der Waals surface area contributed by atoms with Gasteiger partial charge in [0.25, 0.3) is 0 Å². The lowest BCUT2D eigenvalue weighted by Gasteiger charge is -2.06. The Morgan fingerprint density at radius 1 is 0.967 bits per heavy atom. The number of anilines is 1. The first-order chi connectivity index (χ1) is 14.6. The molecule has 0 bridgehead atoms. The molecule has 4 rings (SSSR count). The molecule has 2 heterocycles. The molecule has 0 spiro atoms. The van der Waals surface area contributed by atoms with Gasteiger partial charge in [0.05, 0.1) is 12.8 Å². The first-order valence-corrected chi connectivity index (χ1v) is 10.3. The number of thiazole rings is 1. The Bertz CT molecular complexity index is 1140. The fourth-order valence-corrected chi connectivity index (χ4v) is 3.70. The van der Waals surface area contributed by atoms with Gasteiger partial charge in [0.15, 0.2) is 5.69 Å². The van der Waals surface area contributed by atoms with Crippen LogP contribution in [0.25, 0.3) is 21.8 Å². The Balaban J connectivity index is 1.39. The molecule has 0 amide bonds. The second-order valence-electron chi connectivity index (χ2n) is 6.75. The fourth-order valence-electron chi connectivity index (χ4n) is 2.86. The van der Waals surface area contributed by atoms with Crippen LogP contribution >= 0.6 is 11.3 Å². The number of benzene rings is 2. The fraction of sp³-hybridized carbons (Fsp3) is 0.130. The molecular weight excluding hydrogens is 396 g/mol. The molecule has 0 saturated carbocycles. The monoisotopic (exact) mass is 416 g/mol. The summed E-state index contributed by atoms with van der Waals surface area (Å²) in [7, 11) is 1.31. The molecule has 7 heteroatoms. The summed E-state index contributed by atoms with van der Waals surface area (Å²) in [6.07, 6.45) is 0. The summed E-state index contributed by atoms with van der Waals surface area (Å²) in [6.45, 7) is 2.68. The molecule has 2 aromatic carbocycles. The van der Waals surface area contributed by atoms with E-state index in [9.17, 15) is 4.79 Å². The number of aryl methyl sites for hydroxylation is 1. The molecule has 0 aliphatic carbocycles. The molecule has 0 aliphatic rings. The zero-order valence-corrected chi connectivity index (χ0v) is 17.4. The van der Waals surface area contributed by atoms with Crippen LogP contribution in [0, 0.1) is 6.92 Å². The van der Waals surface area contributed by atoms with Crippen LogP contribution in [-0.4, -0.2) is 28.3 Å². The highest BCUT2D eigenvalue weighted by Crippen LogP contribution is 2.29. The van der Waals surface area contributed by atoms with Gasteiger partial charge in [-0.2, -0.15) is 0 Å². The van der Waals surface area contributed by atoms with E-state index in [2.05, 4.69) is 81.1 Å². The van der Waals surface area contributed by atoms with Crippen LogP contribution in [0.2, 0.25) is 0 Å². The molecule has 6 nitrogen and oxygen atoms in total. The smallest absolute Gasteiger partial charge is 0.358 e. The van der Waals surface area contributed by atoms with E-state index in [0.717, 1.165) is 27.4 Å². The summed E-state index contributed by atoms with van der Waals surface area (Å²) in [5.41, 5.74) is 5.74. The van der Waals surface area contributed by atoms with E-state index in [1.807, 2.05) is 0 Å². The van der Waals surface area contributed by atoms with E-state index in [1.165, 1.54) is 12.7 Å². The van der Waals surface area contributed by atoms with Crippen LogP contribution in [0.5, 0.6) is 0 Å². The largest absolute Gasteiger partial charge is 0.464 e. The molecule has 2 aromatic heterocycles. The molecule has 30 heavy (non-hydrogen) atoms. The van der Waals surface area contributed by atoms with Crippen molar-refractivity contribution in [1.29, 1.82) is 0 Å². The van der Waals surface area contributed by atoms with Crippen molar-refractivity contribution in [2.75, 3.05) is 12.4 Å². The summed E-state index contributed by atoms with van der Waals surface area (Å²) in [4.78, 5) is 16.2. The Morgan fingerprint density at radius 2 is 1.70 bits per heavy atom. The van der Waals surface area contributed by atoms with Crippen LogP contribution < -0.4 is 5.32 Å². The van der Waals surface area contributed by atoms with Gasteiger partial charge in [0.2, 0.25) is 0 Å². The van der Waals surface area contributed by atoms with Crippen LogP contribution in [0.4, 0.5) is 5.82 Å². The first kappa shape index (κ1) is 19.7. The van der Waals surface area contributed by atoms with Crippen LogP contribution in [0.3, 0.4) is 0 Å². The Morgan fingerprint density at radius 3 is 2.37 bits per heavy atom. The van der Waals surface area contributed by atoms with Crippen molar-refractivity contribution in [3.8, 4) is 21.8 Å². The number of hydrogen-bond donors (Lipinski definition) is 1. The average Bonchev–Trinajstić information content (AvgIpc) is 3.28. The minimum absolute atomic E-state index is 0.181. The maximum absolute atomic E-state index is 11.4. The van der Waals surface area contributed by atoms with Crippen molar-refractivity contribution in [2.24, 2.45) is 0 Å². The third kappa shape index (κ3) is 4.52. The average molecular weight is 417 g/mol. The van der Waals surface area contributed by atoms with Gasteiger partial charge in [0, 0.05) is 23.1 Å². The maximum Gasteiger partial charge on any atom is 0.358 e. The zero-order chi connectivity index (χ0) is 20.9. The lowest BCUT2D eigenvalue weighted by atomic mass is 10.1. The number of nitrogens with zero attached hydrogens (tertiary/aromatic N) is 3. The topological polar surface area (TPSA) is 77.0 Å². The molecule has 0 aliphatic heterocycles. The normalized spacial score (nSPS) is 10.6. The summed E-state index contributed by atoms with van der Waals surface area (Å²) in [5.74, 6) is 0.0896. The minimum atomic E-state index is -0.502. The number of nitrogens with one attached hydrogen (secondary N) is 1. The maximum atomic E-state index is 11.4. The highest BCUT2D eigenvalue weighted by Gasteiger charge is 2.08. The molecule has 0 radical (unpaired) electrons. The number of esters is 1. The second kappa shape index (κ2) is 8.84. The van der Waals surface area contributed by atoms with E-state index >= 15 is 0 Å².